The minimum absolute atomic E-state index is 0.0882. The van der Waals surface area contributed by atoms with Crippen LogP contribution in [0.4, 0.5) is 0 Å². The average molecular weight is 322 g/mol. The minimum atomic E-state index is 0.0882. The monoisotopic (exact) mass is 321 g/mol. The Hall–Kier alpha value is 0.400. The summed E-state index contributed by atoms with van der Waals surface area (Å²) >= 11 is 3.31. The Morgan fingerprint density at radius 3 is 1.83 bits per heavy atom. The molecule has 2 N–H and O–H groups in total. The molecule has 0 fully saturated rings. The van der Waals surface area contributed by atoms with E-state index < -0.39 is 0 Å². The van der Waals surface area contributed by atoms with Crippen molar-refractivity contribution in [3.05, 3.63) is 0 Å². The Bertz CT molecular complexity index is 153. The number of halogens is 1. The Balaban J connectivity index is 2.90. The maximum absolute atomic E-state index is 5.57. The number of hydrogen-bond donors (Lipinski definition) is 1. The molecule has 0 rings (SSSR count). The van der Waals surface area contributed by atoms with Gasteiger partial charge in [0.25, 0.3) is 0 Å². The molecule has 0 aromatic heterocycles. The highest BCUT2D eigenvalue weighted by Crippen LogP contribution is 2.10. The van der Waals surface area contributed by atoms with Crippen molar-refractivity contribution in [3.8, 4) is 0 Å². The van der Waals surface area contributed by atoms with E-state index >= 15 is 0 Å². The summed E-state index contributed by atoms with van der Waals surface area (Å²) in [4.78, 5) is 0.0882. The molecule has 18 heavy (non-hydrogen) atoms. The second-order valence-electron chi connectivity index (χ2n) is 5.10. The summed E-state index contributed by atoms with van der Waals surface area (Å²) < 4.78 is 5.51. The molecule has 0 spiro atoms. The zero-order chi connectivity index (χ0) is 13.5. The molecule has 0 amide bonds. The van der Waals surface area contributed by atoms with Gasteiger partial charge in [-0.05, 0) is 12.8 Å². The first-order valence-corrected chi connectivity index (χ1v) is 8.66. The number of ether oxygens (including phenoxy) is 1. The Morgan fingerprint density at radius 1 is 0.833 bits per heavy atom. The molecule has 0 saturated heterocycles. The van der Waals surface area contributed by atoms with Crippen LogP contribution in [0.3, 0.4) is 0 Å². The fraction of sp³-hybridized carbons (Fsp3) is 1.00. The van der Waals surface area contributed by atoms with Crippen LogP contribution >= 0.6 is 15.9 Å². The topological polar surface area (TPSA) is 35.2 Å². The van der Waals surface area contributed by atoms with E-state index in [1.54, 1.807) is 0 Å². The molecule has 1 atom stereocenters. The molecule has 0 aromatic rings. The van der Waals surface area contributed by atoms with E-state index in [4.69, 9.17) is 10.5 Å². The predicted molar refractivity (Wildman–Crippen MR) is 84.2 cm³/mol. The Labute approximate surface area is 122 Å². The van der Waals surface area contributed by atoms with Crippen molar-refractivity contribution in [3.63, 3.8) is 0 Å². The van der Waals surface area contributed by atoms with E-state index in [0.717, 1.165) is 19.6 Å². The number of hydrogen-bond acceptors (Lipinski definition) is 2. The van der Waals surface area contributed by atoms with Crippen molar-refractivity contribution >= 4 is 15.9 Å². The van der Waals surface area contributed by atoms with Crippen LogP contribution in [0.25, 0.3) is 0 Å². The first kappa shape index (κ1) is 18.4. The van der Waals surface area contributed by atoms with Crippen LogP contribution in [0.15, 0.2) is 0 Å². The van der Waals surface area contributed by atoms with Crippen LogP contribution in [-0.4, -0.2) is 18.2 Å². The quantitative estimate of drug-likeness (QED) is 0.278. The van der Waals surface area contributed by atoms with Gasteiger partial charge in [0.2, 0.25) is 0 Å². The number of unbranched alkanes of at least 4 members (excludes halogenated alkanes) is 9. The lowest BCUT2D eigenvalue weighted by molar-refractivity contribution is 0.127. The fourth-order valence-electron chi connectivity index (χ4n) is 1.99. The van der Waals surface area contributed by atoms with Crippen molar-refractivity contribution in [2.45, 2.75) is 82.5 Å². The lowest BCUT2D eigenvalue weighted by Crippen LogP contribution is -2.13. The Morgan fingerprint density at radius 2 is 1.33 bits per heavy atom. The molecular weight excluding hydrogens is 290 g/mol. The molecule has 0 aromatic carbocycles. The number of alkyl halides is 1. The fourth-order valence-corrected chi connectivity index (χ4v) is 2.18. The van der Waals surface area contributed by atoms with Gasteiger partial charge >= 0.3 is 0 Å². The van der Waals surface area contributed by atoms with E-state index in [-0.39, 0.29) is 4.95 Å². The van der Waals surface area contributed by atoms with Crippen LogP contribution in [0.2, 0.25) is 0 Å². The molecule has 1 unspecified atom stereocenters. The molecule has 0 saturated carbocycles. The molecule has 0 aliphatic heterocycles. The van der Waals surface area contributed by atoms with Gasteiger partial charge < -0.3 is 10.5 Å². The molecule has 2 nitrogen and oxygen atoms in total. The predicted octanol–water partition coefficient (Wildman–Crippen LogP) is 4.99. The van der Waals surface area contributed by atoms with E-state index in [9.17, 15) is 0 Å². The lowest BCUT2D eigenvalue weighted by Gasteiger charge is -2.05. The normalized spacial score (nSPS) is 12.8. The maximum Gasteiger partial charge on any atom is 0.0627 e. The van der Waals surface area contributed by atoms with Crippen molar-refractivity contribution in [1.29, 1.82) is 0 Å². The van der Waals surface area contributed by atoms with Gasteiger partial charge in [-0.1, -0.05) is 80.6 Å². The summed E-state index contributed by atoms with van der Waals surface area (Å²) in [6, 6.07) is 0. The summed E-state index contributed by atoms with van der Waals surface area (Å²) in [7, 11) is 0. The van der Waals surface area contributed by atoms with E-state index in [1.807, 2.05) is 0 Å². The van der Waals surface area contributed by atoms with Crippen LogP contribution in [0.1, 0.15) is 77.6 Å². The lowest BCUT2D eigenvalue weighted by atomic mass is 10.1. The first-order valence-electron chi connectivity index (χ1n) is 7.74. The summed E-state index contributed by atoms with van der Waals surface area (Å²) in [5, 5.41) is 0. The molecular formula is C15H32BrNO. The zero-order valence-electron chi connectivity index (χ0n) is 12.1. The third-order valence-corrected chi connectivity index (χ3v) is 3.64. The minimum Gasteiger partial charge on any atom is -0.381 e. The second-order valence-corrected chi connectivity index (χ2v) is 6.28. The Kier molecular flexibility index (Phi) is 15.8. The van der Waals surface area contributed by atoms with Crippen LogP contribution in [-0.2, 0) is 4.74 Å². The van der Waals surface area contributed by atoms with Crippen LogP contribution in [0, 0.1) is 0 Å². The van der Waals surface area contributed by atoms with Gasteiger partial charge in [-0.25, -0.2) is 0 Å². The van der Waals surface area contributed by atoms with E-state index in [0.29, 0.717) is 0 Å². The summed E-state index contributed by atoms with van der Waals surface area (Å²) in [6.45, 7) is 3.95. The highest BCUT2D eigenvalue weighted by molar-refractivity contribution is 9.09. The summed E-state index contributed by atoms with van der Waals surface area (Å²) in [5.74, 6) is 0. The highest BCUT2D eigenvalue weighted by Gasteiger charge is 1.96. The van der Waals surface area contributed by atoms with Gasteiger partial charge in [0, 0.05) is 13.2 Å². The van der Waals surface area contributed by atoms with Crippen molar-refractivity contribution in [2.24, 2.45) is 5.73 Å². The zero-order valence-corrected chi connectivity index (χ0v) is 13.7. The third-order valence-electron chi connectivity index (χ3n) is 3.18. The molecule has 0 aliphatic rings. The van der Waals surface area contributed by atoms with E-state index in [1.165, 1.54) is 64.2 Å². The van der Waals surface area contributed by atoms with Crippen molar-refractivity contribution < 1.29 is 4.74 Å². The van der Waals surface area contributed by atoms with Crippen LogP contribution < -0.4 is 5.73 Å². The first-order chi connectivity index (χ1) is 8.77. The smallest absolute Gasteiger partial charge is 0.0627 e. The van der Waals surface area contributed by atoms with Crippen molar-refractivity contribution in [1.82, 2.24) is 0 Å². The molecule has 0 heterocycles. The number of nitrogens with two attached hydrogens (primary N) is 1. The van der Waals surface area contributed by atoms with Gasteiger partial charge in [0.05, 0.1) is 4.95 Å². The van der Waals surface area contributed by atoms with Crippen LogP contribution in [0.5, 0.6) is 0 Å². The SMILES string of the molecule is CCCCCCCCCCCCOCCC(N)Br. The molecule has 0 aliphatic carbocycles. The average Bonchev–Trinajstić information content (AvgIpc) is 2.34. The van der Waals surface area contributed by atoms with Gasteiger partial charge in [0.15, 0.2) is 0 Å². The third kappa shape index (κ3) is 16.4. The molecule has 110 valence electrons. The largest absolute Gasteiger partial charge is 0.381 e. The van der Waals surface area contributed by atoms with E-state index in [2.05, 4.69) is 22.9 Å². The van der Waals surface area contributed by atoms with Gasteiger partial charge in [-0.15, -0.1) is 0 Å². The van der Waals surface area contributed by atoms with Gasteiger partial charge in [-0.2, -0.15) is 0 Å². The van der Waals surface area contributed by atoms with Gasteiger partial charge in [-0.3, -0.25) is 0 Å². The summed E-state index contributed by atoms with van der Waals surface area (Å²) in [6.07, 6.45) is 14.7. The number of rotatable bonds is 14. The second kappa shape index (κ2) is 15.5. The van der Waals surface area contributed by atoms with Crippen molar-refractivity contribution in [2.75, 3.05) is 13.2 Å². The molecule has 0 radical (unpaired) electrons. The maximum atomic E-state index is 5.57. The van der Waals surface area contributed by atoms with Gasteiger partial charge in [0.1, 0.15) is 0 Å². The standard InChI is InChI=1S/C15H32BrNO/c1-2-3-4-5-6-7-8-9-10-11-13-18-14-12-15(16)17/h15H,2-14,17H2,1H3. The summed E-state index contributed by atoms with van der Waals surface area (Å²) in [5.41, 5.74) is 5.57. The molecule has 3 heteroatoms. The highest BCUT2D eigenvalue weighted by atomic mass is 79.9. The molecule has 0 bridgehead atoms.